The van der Waals surface area contributed by atoms with Crippen molar-refractivity contribution >= 4 is 18.0 Å². The average molecular weight is 473 g/mol. The lowest BCUT2D eigenvalue weighted by molar-refractivity contribution is 0.0708. The molecule has 184 valence electrons. The first-order valence-corrected chi connectivity index (χ1v) is 11.7. The predicted molar refractivity (Wildman–Crippen MR) is 126 cm³/mol. The fraction of sp³-hybridized carbons (Fsp3) is 0.560. The Hall–Kier alpha value is -3.10. The highest BCUT2D eigenvalue weighted by Gasteiger charge is 2.53. The van der Waals surface area contributed by atoms with E-state index in [1.807, 2.05) is 58.0 Å². The van der Waals surface area contributed by atoms with Gasteiger partial charge in [0.05, 0.1) is 17.3 Å². The number of carbonyl (C=O) groups excluding carboxylic acids is 1. The molecule has 1 aromatic heterocycles. The third-order valence-electron chi connectivity index (χ3n) is 6.77. The SMILES string of the molecule is CC1(N(C(=O)O)C2CC(c3cc(NC(=O)OCc4ccccc4)n(C(C)(C)C)n3)CC2F)CC1. The fourth-order valence-corrected chi connectivity index (χ4v) is 4.73. The van der Waals surface area contributed by atoms with Gasteiger partial charge in [-0.25, -0.2) is 18.7 Å². The maximum Gasteiger partial charge on any atom is 0.413 e. The standard InChI is InChI=1S/C25H33FN4O4/c1-24(2,3)30-21(27-22(31)34-15-16-8-6-5-7-9-16)14-19(28-30)17-12-18(26)20(13-17)29(23(32)33)25(4)10-11-25/h5-9,14,17-18,20H,10-13,15H2,1-4H3,(H,27,31)(H,32,33). The molecule has 2 aliphatic rings. The van der Waals surface area contributed by atoms with E-state index in [1.54, 1.807) is 10.7 Å². The number of amides is 2. The van der Waals surface area contributed by atoms with Crippen molar-refractivity contribution in [2.45, 2.75) is 89.2 Å². The second-order valence-corrected chi connectivity index (χ2v) is 10.6. The molecule has 2 aromatic rings. The van der Waals surface area contributed by atoms with Crippen LogP contribution in [0.5, 0.6) is 0 Å². The number of carbonyl (C=O) groups is 2. The van der Waals surface area contributed by atoms with Crippen LogP contribution in [-0.2, 0) is 16.9 Å². The van der Waals surface area contributed by atoms with Crippen molar-refractivity contribution in [1.82, 2.24) is 14.7 Å². The van der Waals surface area contributed by atoms with Gasteiger partial charge in [0.15, 0.2) is 0 Å². The van der Waals surface area contributed by atoms with E-state index in [1.165, 1.54) is 4.90 Å². The number of rotatable bonds is 6. The van der Waals surface area contributed by atoms with Gasteiger partial charge in [-0.1, -0.05) is 30.3 Å². The zero-order valence-corrected chi connectivity index (χ0v) is 20.1. The van der Waals surface area contributed by atoms with Crippen LogP contribution in [0.15, 0.2) is 36.4 Å². The summed E-state index contributed by atoms with van der Waals surface area (Å²) in [6.07, 6.45) is -0.864. The number of hydrogen-bond donors (Lipinski definition) is 2. The number of aromatic nitrogens is 2. The van der Waals surface area contributed by atoms with E-state index in [0.717, 1.165) is 18.4 Å². The molecule has 1 aromatic carbocycles. The fourth-order valence-electron chi connectivity index (χ4n) is 4.73. The second kappa shape index (κ2) is 8.92. The number of halogens is 1. The summed E-state index contributed by atoms with van der Waals surface area (Å²) in [4.78, 5) is 25.7. The molecular formula is C25H33FN4O4. The summed E-state index contributed by atoms with van der Waals surface area (Å²) in [5, 5.41) is 17.2. The highest BCUT2D eigenvalue weighted by Crippen LogP contribution is 2.48. The van der Waals surface area contributed by atoms with Gasteiger partial charge in [0.2, 0.25) is 0 Å². The van der Waals surface area contributed by atoms with Gasteiger partial charge in [0.25, 0.3) is 0 Å². The van der Waals surface area contributed by atoms with E-state index in [9.17, 15) is 14.7 Å². The van der Waals surface area contributed by atoms with E-state index in [-0.39, 0.29) is 18.9 Å². The van der Waals surface area contributed by atoms with E-state index in [4.69, 9.17) is 9.84 Å². The smallest absolute Gasteiger partial charge is 0.413 e. The summed E-state index contributed by atoms with van der Waals surface area (Å²) < 4.78 is 22.1. The Bertz CT molecular complexity index is 1040. The van der Waals surface area contributed by atoms with E-state index in [0.29, 0.717) is 17.9 Å². The summed E-state index contributed by atoms with van der Waals surface area (Å²) in [7, 11) is 0. The first-order valence-electron chi connectivity index (χ1n) is 11.7. The minimum Gasteiger partial charge on any atom is -0.465 e. The van der Waals surface area contributed by atoms with Crippen molar-refractivity contribution in [1.29, 1.82) is 0 Å². The lowest BCUT2D eigenvalue weighted by Crippen LogP contribution is -2.49. The number of nitrogens with zero attached hydrogens (tertiary/aromatic N) is 3. The molecule has 2 fully saturated rings. The second-order valence-electron chi connectivity index (χ2n) is 10.6. The number of alkyl halides is 1. The maximum atomic E-state index is 15.1. The molecule has 0 saturated heterocycles. The average Bonchev–Trinajstić information content (AvgIpc) is 3.17. The van der Waals surface area contributed by atoms with Crippen LogP contribution in [0.3, 0.4) is 0 Å². The van der Waals surface area contributed by atoms with Crippen LogP contribution in [0.1, 0.15) is 70.6 Å². The zero-order valence-electron chi connectivity index (χ0n) is 20.1. The molecule has 2 amide bonds. The van der Waals surface area contributed by atoms with Crippen LogP contribution in [0, 0.1) is 0 Å². The van der Waals surface area contributed by atoms with Gasteiger partial charge < -0.3 is 9.84 Å². The molecule has 2 N–H and O–H groups in total. The number of nitrogens with one attached hydrogen (secondary N) is 1. The predicted octanol–water partition coefficient (Wildman–Crippen LogP) is 5.50. The van der Waals surface area contributed by atoms with Gasteiger partial charge in [0, 0.05) is 17.5 Å². The van der Waals surface area contributed by atoms with Crippen LogP contribution in [-0.4, -0.2) is 49.7 Å². The quantitative estimate of drug-likeness (QED) is 0.578. The Balaban J connectivity index is 1.50. The van der Waals surface area contributed by atoms with Crippen LogP contribution in [0.25, 0.3) is 0 Å². The van der Waals surface area contributed by atoms with Crippen molar-refractivity contribution in [2.75, 3.05) is 5.32 Å². The summed E-state index contributed by atoms with van der Waals surface area (Å²) in [5.74, 6) is 0.220. The third kappa shape index (κ3) is 5.03. The van der Waals surface area contributed by atoms with Gasteiger partial charge >= 0.3 is 12.2 Å². The highest BCUT2D eigenvalue weighted by molar-refractivity contribution is 5.83. The monoisotopic (exact) mass is 472 g/mol. The topological polar surface area (TPSA) is 96.7 Å². The van der Waals surface area contributed by atoms with E-state index < -0.39 is 35.5 Å². The first-order chi connectivity index (χ1) is 16.0. The van der Waals surface area contributed by atoms with Gasteiger partial charge in [-0.15, -0.1) is 0 Å². The Morgan fingerprint density at radius 3 is 2.53 bits per heavy atom. The minimum atomic E-state index is -1.26. The number of benzene rings is 1. The molecule has 3 atom stereocenters. The normalized spacial score (nSPS) is 23.4. The van der Waals surface area contributed by atoms with Gasteiger partial charge in [0.1, 0.15) is 18.6 Å². The molecule has 34 heavy (non-hydrogen) atoms. The molecule has 4 rings (SSSR count). The van der Waals surface area contributed by atoms with Crippen molar-refractivity contribution in [3.05, 3.63) is 47.7 Å². The van der Waals surface area contributed by atoms with Crippen LogP contribution in [0.2, 0.25) is 0 Å². The Morgan fingerprint density at radius 1 is 1.26 bits per heavy atom. The summed E-state index contributed by atoms with van der Waals surface area (Å²) >= 11 is 0. The first kappa shape index (κ1) is 24.0. The third-order valence-corrected chi connectivity index (χ3v) is 6.77. The molecule has 0 spiro atoms. The Morgan fingerprint density at radius 2 is 1.94 bits per heavy atom. The minimum absolute atomic E-state index is 0.140. The van der Waals surface area contributed by atoms with Gasteiger partial charge in [-0.3, -0.25) is 10.2 Å². The number of anilines is 1. The molecule has 8 nitrogen and oxygen atoms in total. The van der Waals surface area contributed by atoms with Gasteiger partial charge in [-0.2, -0.15) is 5.10 Å². The molecule has 3 unspecified atom stereocenters. The molecular weight excluding hydrogens is 439 g/mol. The van der Waals surface area contributed by atoms with E-state index >= 15 is 4.39 Å². The van der Waals surface area contributed by atoms with Crippen molar-refractivity contribution in [3.8, 4) is 0 Å². The molecule has 0 bridgehead atoms. The van der Waals surface area contributed by atoms with E-state index in [2.05, 4.69) is 5.32 Å². The number of carboxylic acid groups (broad SMARTS) is 1. The van der Waals surface area contributed by atoms with Crippen LogP contribution < -0.4 is 5.32 Å². The van der Waals surface area contributed by atoms with Gasteiger partial charge in [-0.05, 0) is 58.9 Å². The molecule has 1 heterocycles. The summed E-state index contributed by atoms with van der Waals surface area (Å²) in [6.45, 7) is 7.89. The Kier molecular flexibility index (Phi) is 6.31. The molecule has 2 saturated carbocycles. The number of hydrogen-bond acceptors (Lipinski definition) is 4. The van der Waals surface area contributed by atoms with Crippen molar-refractivity contribution in [2.24, 2.45) is 0 Å². The summed E-state index contributed by atoms with van der Waals surface area (Å²) in [5.41, 5.74) is 0.600. The highest BCUT2D eigenvalue weighted by atomic mass is 19.1. The van der Waals surface area contributed by atoms with Crippen LogP contribution >= 0.6 is 0 Å². The molecule has 0 radical (unpaired) electrons. The maximum absolute atomic E-state index is 15.1. The molecule has 9 heteroatoms. The van der Waals surface area contributed by atoms with Crippen molar-refractivity contribution in [3.63, 3.8) is 0 Å². The Labute approximate surface area is 199 Å². The lowest BCUT2D eigenvalue weighted by Gasteiger charge is -2.33. The number of ether oxygens (including phenoxy) is 1. The molecule has 0 aliphatic heterocycles. The summed E-state index contributed by atoms with van der Waals surface area (Å²) in [6, 6.07) is 10.4. The lowest BCUT2D eigenvalue weighted by atomic mass is 10.0. The molecule has 2 aliphatic carbocycles. The van der Waals surface area contributed by atoms with Crippen LogP contribution in [0.4, 0.5) is 19.8 Å². The zero-order chi connectivity index (χ0) is 24.7. The van der Waals surface area contributed by atoms with Crippen molar-refractivity contribution < 1.29 is 23.8 Å². The largest absolute Gasteiger partial charge is 0.465 e.